The first-order valence-corrected chi connectivity index (χ1v) is 7.46. The maximum Gasteiger partial charge on any atom is 0.271 e. The zero-order valence-electron chi connectivity index (χ0n) is 12.3. The number of nitrogens with one attached hydrogen (secondary N) is 1. The van der Waals surface area contributed by atoms with E-state index in [0.717, 1.165) is 19.6 Å². The second-order valence-electron chi connectivity index (χ2n) is 5.06. The summed E-state index contributed by atoms with van der Waals surface area (Å²) in [5.41, 5.74) is 6.36. The van der Waals surface area contributed by atoms with Gasteiger partial charge in [0.1, 0.15) is 5.69 Å². The second-order valence-corrected chi connectivity index (χ2v) is 5.06. The zero-order valence-corrected chi connectivity index (χ0v) is 12.3. The lowest BCUT2D eigenvalue weighted by atomic mass is 10.1. The van der Waals surface area contributed by atoms with Gasteiger partial charge < -0.3 is 16.0 Å². The summed E-state index contributed by atoms with van der Waals surface area (Å²) in [6.07, 6.45) is 5.44. The van der Waals surface area contributed by atoms with E-state index in [0.29, 0.717) is 17.8 Å². The number of carbonyl (C=O) groups is 1. The predicted octanol–water partition coefficient (Wildman–Crippen LogP) is 0.608. The Labute approximate surface area is 125 Å². The maximum absolute atomic E-state index is 12.2. The molecule has 112 valence electrons. The molecule has 5 heteroatoms. The Morgan fingerprint density at radius 1 is 1.38 bits per heavy atom. The van der Waals surface area contributed by atoms with E-state index in [2.05, 4.69) is 27.0 Å². The number of pyridine rings is 1. The molecule has 1 aromatic rings. The molecule has 1 fully saturated rings. The first kappa shape index (κ1) is 15.5. The second kappa shape index (κ2) is 8.40. The number of aromatic nitrogens is 1. The normalized spacial score (nSPS) is 15.1. The molecule has 21 heavy (non-hydrogen) atoms. The molecule has 1 amide bonds. The van der Waals surface area contributed by atoms with Crippen LogP contribution in [0.3, 0.4) is 0 Å². The fourth-order valence-corrected chi connectivity index (χ4v) is 2.43. The number of rotatable bonds is 4. The molecule has 0 atom stereocenters. The lowest BCUT2D eigenvalue weighted by molar-refractivity contribution is 0.0941. The molecule has 1 saturated heterocycles. The van der Waals surface area contributed by atoms with Crippen molar-refractivity contribution >= 4 is 5.91 Å². The molecule has 3 N–H and O–H groups in total. The molecule has 1 aromatic heterocycles. The number of piperidine rings is 1. The number of carbonyl (C=O) groups excluding carboxylic acids is 1. The molecule has 0 unspecified atom stereocenters. The average molecular weight is 286 g/mol. The van der Waals surface area contributed by atoms with E-state index in [9.17, 15) is 4.79 Å². The van der Waals surface area contributed by atoms with Crippen LogP contribution in [0.25, 0.3) is 0 Å². The van der Waals surface area contributed by atoms with Crippen molar-refractivity contribution < 1.29 is 4.79 Å². The third-order valence-electron chi connectivity index (χ3n) is 3.51. The van der Waals surface area contributed by atoms with Gasteiger partial charge in [-0.3, -0.25) is 4.79 Å². The summed E-state index contributed by atoms with van der Waals surface area (Å²) in [6, 6.07) is 3.56. The number of nitrogens with zero attached hydrogens (tertiary/aromatic N) is 2. The average Bonchev–Trinajstić information content (AvgIpc) is 2.54. The van der Waals surface area contributed by atoms with Crippen molar-refractivity contribution in [2.75, 3.05) is 32.7 Å². The molecule has 1 aliphatic rings. The fraction of sp³-hybridized carbons (Fsp3) is 0.500. The summed E-state index contributed by atoms with van der Waals surface area (Å²) in [4.78, 5) is 18.7. The standard InChI is InChI=1S/C16H22N4O/c17-8-4-6-14-7-5-9-18-15(14)16(21)19-10-13-20-11-2-1-3-12-20/h5,7,9H,1-3,8,10-13,17H2,(H,19,21). The summed E-state index contributed by atoms with van der Waals surface area (Å²) in [6.45, 7) is 4.06. The number of amides is 1. The molecule has 5 nitrogen and oxygen atoms in total. The number of hydrogen-bond acceptors (Lipinski definition) is 4. The minimum absolute atomic E-state index is 0.172. The van der Waals surface area contributed by atoms with Gasteiger partial charge in [-0.2, -0.15) is 0 Å². The summed E-state index contributed by atoms with van der Waals surface area (Å²) >= 11 is 0. The molecule has 2 rings (SSSR count). The van der Waals surface area contributed by atoms with E-state index in [-0.39, 0.29) is 12.5 Å². The van der Waals surface area contributed by atoms with Crippen LogP contribution in [-0.4, -0.2) is 48.5 Å². The Hall–Kier alpha value is -1.90. The first-order chi connectivity index (χ1) is 10.3. The Morgan fingerprint density at radius 3 is 2.95 bits per heavy atom. The highest BCUT2D eigenvalue weighted by Crippen LogP contribution is 2.07. The summed E-state index contributed by atoms with van der Waals surface area (Å²) < 4.78 is 0. The van der Waals surface area contributed by atoms with Crippen molar-refractivity contribution in [3.63, 3.8) is 0 Å². The van der Waals surface area contributed by atoms with Crippen LogP contribution in [0.15, 0.2) is 18.3 Å². The fourth-order valence-electron chi connectivity index (χ4n) is 2.43. The van der Waals surface area contributed by atoms with Crippen molar-refractivity contribution in [1.29, 1.82) is 0 Å². The Morgan fingerprint density at radius 2 is 2.19 bits per heavy atom. The molecule has 0 aromatic carbocycles. The molecule has 0 aliphatic carbocycles. The lowest BCUT2D eigenvalue weighted by Crippen LogP contribution is -2.38. The quantitative estimate of drug-likeness (QED) is 0.796. The third-order valence-corrected chi connectivity index (χ3v) is 3.51. The Bertz CT molecular complexity index is 527. The van der Waals surface area contributed by atoms with Crippen molar-refractivity contribution in [2.24, 2.45) is 5.73 Å². The number of nitrogens with two attached hydrogens (primary N) is 1. The minimum Gasteiger partial charge on any atom is -0.349 e. The van der Waals surface area contributed by atoms with Gasteiger partial charge in [-0.05, 0) is 38.1 Å². The topological polar surface area (TPSA) is 71.2 Å². The molecule has 0 radical (unpaired) electrons. The monoisotopic (exact) mass is 286 g/mol. The van der Waals surface area contributed by atoms with E-state index in [1.165, 1.54) is 19.3 Å². The highest BCUT2D eigenvalue weighted by atomic mass is 16.1. The Kier molecular flexibility index (Phi) is 6.20. The van der Waals surface area contributed by atoms with Crippen LogP contribution in [0.4, 0.5) is 0 Å². The van der Waals surface area contributed by atoms with Gasteiger partial charge in [0.05, 0.1) is 12.1 Å². The van der Waals surface area contributed by atoms with E-state index >= 15 is 0 Å². The maximum atomic E-state index is 12.2. The van der Waals surface area contributed by atoms with Crippen LogP contribution in [0.2, 0.25) is 0 Å². The van der Waals surface area contributed by atoms with Crippen LogP contribution in [0.1, 0.15) is 35.3 Å². The summed E-state index contributed by atoms with van der Waals surface area (Å²) in [5, 5.41) is 2.92. The van der Waals surface area contributed by atoms with Gasteiger partial charge in [0.15, 0.2) is 0 Å². The lowest BCUT2D eigenvalue weighted by Gasteiger charge is -2.26. The van der Waals surface area contributed by atoms with E-state index in [1.54, 1.807) is 18.3 Å². The van der Waals surface area contributed by atoms with Crippen LogP contribution < -0.4 is 11.1 Å². The smallest absolute Gasteiger partial charge is 0.271 e. The van der Waals surface area contributed by atoms with Gasteiger partial charge >= 0.3 is 0 Å². The molecule has 0 spiro atoms. The minimum atomic E-state index is -0.172. The first-order valence-electron chi connectivity index (χ1n) is 7.46. The summed E-state index contributed by atoms with van der Waals surface area (Å²) in [5.74, 6) is 5.47. The highest BCUT2D eigenvalue weighted by molar-refractivity contribution is 5.94. The molecule has 0 saturated carbocycles. The number of hydrogen-bond donors (Lipinski definition) is 2. The Balaban J connectivity index is 1.88. The zero-order chi connectivity index (χ0) is 14.9. The van der Waals surface area contributed by atoms with Crippen LogP contribution in [0, 0.1) is 11.8 Å². The van der Waals surface area contributed by atoms with Crippen molar-refractivity contribution in [3.8, 4) is 11.8 Å². The highest BCUT2D eigenvalue weighted by Gasteiger charge is 2.13. The van der Waals surface area contributed by atoms with Gasteiger partial charge in [-0.15, -0.1) is 0 Å². The SMILES string of the molecule is NCC#Cc1cccnc1C(=O)NCCN1CCCCC1. The van der Waals surface area contributed by atoms with Crippen molar-refractivity contribution in [1.82, 2.24) is 15.2 Å². The van der Waals surface area contributed by atoms with Gasteiger partial charge in [0.25, 0.3) is 5.91 Å². The van der Waals surface area contributed by atoms with Crippen molar-refractivity contribution in [3.05, 3.63) is 29.6 Å². The molecule has 2 heterocycles. The molecular formula is C16H22N4O. The van der Waals surface area contributed by atoms with Gasteiger partial charge in [-0.25, -0.2) is 4.98 Å². The third kappa shape index (κ3) is 4.85. The molecule has 1 aliphatic heterocycles. The number of likely N-dealkylation sites (tertiary alicyclic amines) is 1. The van der Waals surface area contributed by atoms with Crippen LogP contribution in [0.5, 0.6) is 0 Å². The van der Waals surface area contributed by atoms with E-state index in [1.807, 2.05) is 0 Å². The molecular weight excluding hydrogens is 264 g/mol. The van der Waals surface area contributed by atoms with Crippen LogP contribution in [-0.2, 0) is 0 Å². The van der Waals surface area contributed by atoms with Crippen molar-refractivity contribution in [2.45, 2.75) is 19.3 Å². The van der Waals surface area contributed by atoms with E-state index < -0.39 is 0 Å². The van der Waals surface area contributed by atoms with Gasteiger partial charge in [0, 0.05) is 19.3 Å². The predicted molar refractivity (Wildman–Crippen MR) is 82.8 cm³/mol. The van der Waals surface area contributed by atoms with Gasteiger partial charge in [-0.1, -0.05) is 18.3 Å². The largest absolute Gasteiger partial charge is 0.349 e. The van der Waals surface area contributed by atoms with E-state index in [4.69, 9.17) is 5.73 Å². The van der Waals surface area contributed by atoms with Gasteiger partial charge in [0.2, 0.25) is 0 Å². The molecule has 0 bridgehead atoms. The summed E-state index contributed by atoms with van der Waals surface area (Å²) in [7, 11) is 0. The van der Waals surface area contributed by atoms with Crippen LogP contribution >= 0.6 is 0 Å².